The van der Waals surface area contributed by atoms with Crippen molar-refractivity contribution >= 4 is 27.5 Å². The number of carbonyl (C=O) groups excluding carboxylic acids is 1. The first kappa shape index (κ1) is 12.0. The van der Waals surface area contributed by atoms with Crippen LogP contribution in [-0.4, -0.2) is 17.4 Å². The smallest absolute Gasteiger partial charge is 0.267 e. The molecule has 3 aromatic rings. The van der Waals surface area contributed by atoms with Gasteiger partial charge in [0.15, 0.2) is 0 Å². The van der Waals surface area contributed by atoms with E-state index in [1.807, 2.05) is 35.7 Å². The quantitative estimate of drug-likeness (QED) is 0.751. The average Bonchev–Trinajstić information content (AvgIpc) is 3.00. The zero-order chi connectivity index (χ0) is 13.1. The van der Waals surface area contributed by atoms with Crippen LogP contribution in [0.3, 0.4) is 0 Å². The molecule has 2 heterocycles. The minimum atomic E-state index is -0.0423. The lowest BCUT2D eigenvalue weighted by atomic mass is 10.1. The van der Waals surface area contributed by atoms with Gasteiger partial charge in [-0.2, -0.15) is 0 Å². The van der Waals surface area contributed by atoms with E-state index in [2.05, 4.69) is 22.4 Å². The van der Waals surface area contributed by atoms with Gasteiger partial charge in [0.2, 0.25) is 0 Å². The molecule has 3 rings (SSSR count). The number of benzene rings is 1. The normalized spacial score (nSPS) is 10.7. The second-order valence-corrected chi connectivity index (χ2v) is 5.32. The highest BCUT2D eigenvalue weighted by atomic mass is 32.1. The average molecular weight is 270 g/mol. The number of nitrogens with one attached hydrogen (secondary N) is 2. The van der Waals surface area contributed by atoms with Gasteiger partial charge in [0.25, 0.3) is 5.91 Å². The molecule has 0 fully saturated rings. The summed E-state index contributed by atoms with van der Waals surface area (Å²) < 4.78 is 1.12. The summed E-state index contributed by atoms with van der Waals surface area (Å²) >= 11 is 1.64. The van der Waals surface area contributed by atoms with Gasteiger partial charge in [-0.3, -0.25) is 4.79 Å². The van der Waals surface area contributed by atoms with Crippen molar-refractivity contribution in [3.05, 3.63) is 59.1 Å². The zero-order valence-electron chi connectivity index (χ0n) is 10.3. The molecular weight excluding hydrogens is 256 g/mol. The maximum Gasteiger partial charge on any atom is 0.267 e. The second-order valence-electron chi connectivity index (χ2n) is 4.37. The van der Waals surface area contributed by atoms with Crippen LogP contribution in [0.5, 0.6) is 0 Å². The number of amides is 1. The van der Waals surface area contributed by atoms with E-state index in [1.165, 1.54) is 5.56 Å². The first-order valence-electron chi connectivity index (χ1n) is 6.21. The molecule has 0 aliphatic rings. The highest BCUT2D eigenvalue weighted by Crippen LogP contribution is 2.21. The third-order valence-electron chi connectivity index (χ3n) is 3.03. The molecule has 0 radical (unpaired) electrons. The number of fused-ring (bicyclic) bond motifs is 1. The molecule has 0 bridgehead atoms. The number of hydrogen-bond acceptors (Lipinski definition) is 2. The minimum Gasteiger partial charge on any atom is -0.350 e. The van der Waals surface area contributed by atoms with Crippen molar-refractivity contribution in [3.8, 4) is 0 Å². The Labute approximate surface area is 115 Å². The molecule has 96 valence electrons. The van der Waals surface area contributed by atoms with Gasteiger partial charge in [0.1, 0.15) is 5.69 Å². The summed E-state index contributed by atoms with van der Waals surface area (Å²) in [5, 5.41) is 4.94. The van der Waals surface area contributed by atoms with Gasteiger partial charge in [-0.15, -0.1) is 11.3 Å². The summed E-state index contributed by atoms with van der Waals surface area (Å²) in [6.45, 7) is 0.648. The number of aromatic amines is 1. The molecule has 0 saturated carbocycles. The minimum absolute atomic E-state index is 0.0423. The topological polar surface area (TPSA) is 44.9 Å². The lowest BCUT2D eigenvalue weighted by molar-refractivity contribution is 0.0950. The Morgan fingerprint density at radius 2 is 2.05 bits per heavy atom. The van der Waals surface area contributed by atoms with E-state index in [-0.39, 0.29) is 5.91 Å². The third-order valence-corrected chi connectivity index (χ3v) is 3.89. The summed E-state index contributed by atoms with van der Waals surface area (Å²) in [6, 6.07) is 14.0. The van der Waals surface area contributed by atoms with Crippen molar-refractivity contribution in [1.29, 1.82) is 0 Å². The molecular formula is C15H14N2OS. The largest absolute Gasteiger partial charge is 0.350 e. The Morgan fingerprint density at radius 1 is 1.21 bits per heavy atom. The van der Waals surface area contributed by atoms with Crippen LogP contribution in [-0.2, 0) is 6.42 Å². The van der Waals surface area contributed by atoms with Crippen molar-refractivity contribution in [1.82, 2.24) is 10.3 Å². The van der Waals surface area contributed by atoms with E-state index in [0.717, 1.165) is 16.6 Å². The fourth-order valence-corrected chi connectivity index (χ4v) is 2.81. The Balaban J connectivity index is 1.58. The van der Waals surface area contributed by atoms with Gasteiger partial charge in [-0.1, -0.05) is 30.3 Å². The molecule has 1 aromatic carbocycles. The van der Waals surface area contributed by atoms with E-state index in [4.69, 9.17) is 0 Å². The lowest BCUT2D eigenvalue weighted by Gasteiger charge is -2.03. The molecule has 3 nitrogen and oxygen atoms in total. The maximum absolute atomic E-state index is 12.0. The first-order chi connectivity index (χ1) is 9.33. The van der Waals surface area contributed by atoms with Crippen molar-refractivity contribution in [2.75, 3.05) is 6.54 Å². The summed E-state index contributed by atoms with van der Waals surface area (Å²) in [4.78, 5) is 15.1. The number of aromatic nitrogens is 1. The highest BCUT2D eigenvalue weighted by Gasteiger charge is 2.09. The molecule has 2 N–H and O–H groups in total. The van der Waals surface area contributed by atoms with Gasteiger partial charge in [0, 0.05) is 6.54 Å². The number of carbonyl (C=O) groups is 1. The van der Waals surface area contributed by atoms with E-state index in [9.17, 15) is 4.79 Å². The standard InChI is InChI=1S/C15H14N2OS/c18-15(13-10-14-12(17-13)7-9-19-14)16-8-6-11-4-2-1-3-5-11/h1-5,7,9-10,17H,6,8H2,(H,16,18). The van der Waals surface area contributed by atoms with Crippen molar-refractivity contribution in [2.24, 2.45) is 0 Å². The first-order valence-corrected chi connectivity index (χ1v) is 7.09. The SMILES string of the molecule is O=C(NCCc1ccccc1)c1cc2sccc2[nH]1. The predicted molar refractivity (Wildman–Crippen MR) is 78.7 cm³/mol. The molecule has 0 saturated heterocycles. The number of hydrogen-bond donors (Lipinski definition) is 2. The van der Waals surface area contributed by atoms with Crippen LogP contribution < -0.4 is 5.32 Å². The van der Waals surface area contributed by atoms with Crippen LogP contribution in [0.15, 0.2) is 47.8 Å². The Kier molecular flexibility index (Phi) is 3.33. The van der Waals surface area contributed by atoms with E-state index in [0.29, 0.717) is 12.2 Å². The van der Waals surface area contributed by atoms with Gasteiger partial charge in [-0.05, 0) is 29.5 Å². The molecule has 2 aromatic heterocycles. The maximum atomic E-state index is 12.0. The van der Waals surface area contributed by atoms with Crippen LogP contribution >= 0.6 is 11.3 Å². The van der Waals surface area contributed by atoms with E-state index >= 15 is 0 Å². The Bertz CT molecular complexity index is 656. The molecule has 4 heteroatoms. The van der Waals surface area contributed by atoms with Gasteiger partial charge in [0.05, 0.1) is 10.2 Å². The second kappa shape index (κ2) is 5.28. The van der Waals surface area contributed by atoms with E-state index < -0.39 is 0 Å². The molecule has 19 heavy (non-hydrogen) atoms. The highest BCUT2D eigenvalue weighted by molar-refractivity contribution is 7.17. The summed E-state index contributed by atoms with van der Waals surface area (Å²) in [5.41, 5.74) is 2.89. The molecule has 1 amide bonds. The molecule has 0 unspecified atom stereocenters. The van der Waals surface area contributed by atoms with Crippen LogP contribution in [0, 0.1) is 0 Å². The van der Waals surface area contributed by atoms with Gasteiger partial charge >= 0.3 is 0 Å². The number of rotatable bonds is 4. The summed E-state index contributed by atoms with van der Waals surface area (Å²) in [7, 11) is 0. The number of H-pyrrole nitrogens is 1. The lowest BCUT2D eigenvalue weighted by Crippen LogP contribution is -2.25. The fraction of sp³-hybridized carbons (Fsp3) is 0.133. The van der Waals surface area contributed by atoms with Crippen LogP contribution in [0.2, 0.25) is 0 Å². The molecule has 0 spiro atoms. The van der Waals surface area contributed by atoms with Crippen LogP contribution in [0.1, 0.15) is 16.1 Å². The molecule has 0 aliphatic heterocycles. The van der Waals surface area contributed by atoms with Crippen molar-refractivity contribution < 1.29 is 4.79 Å². The van der Waals surface area contributed by atoms with Gasteiger partial charge < -0.3 is 10.3 Å². The summed E-state index contributed by atoms with van der Waals surface area (Å²) in [6.07, 6.45) is 0.849. The Hall–Kier alpha value is -2.07. The van der Waals surface area contributed by atoms with Crippen molar-refractivity contribution in [2.45, 2.75) is 6.42 Å². The van der Waals surface area contributed by atoms with Crippen molar-refractivity contribution in [3.63, 3.8) is 0 Å². The third kappa shape index (κ3) is 2.69. The van der Waals surface area contributed by atoms with Crippen LogP contribution in [0.25, 0.3) is 10.2 Å². The molecule has 0 atom stereocenters. The van der Waals surface area contributed by atoms with E-state index in [1.54, 1.807) is 11.3 Å². The summed E-state index contributed by atoms with van der Waals surface area (Å²) in [5.74, 6) is -0.0423. The monoisotopic (exact) mass is 270 g/mol. The predicted octanol–water partition coefficient (Wildman–Crippen LogP) is 3.20. The zero-order valence-corrected chi connectivity index (χ0v) is 11.2. The number of thiophene rings is 1. The Morgan fingerprint density at radius 3 is 2.84 bits per heavy atom. The fourth-order valence-electron chi connectivity index (χ4n) is 2.03. The molecule has 0 aliphatic carbocycles. The van der Waals surface area contributed by atoms with Crippen LogP contribution in [0.4, 0.5) is 0 Å². The van der Waals surface area contributed by atoms with Gasteiger partial charge in [-0.25, -0.2) is 0 Å².